The number of carbonyl (C=O) groups excluding carboxylic acids is 1. The first-order chi connectivity index (χ1) is 9.24. The molecule has 8 heteroatoms. The number of aryl methyl sites for hydroxylation is 1. The lowest BCUT2D eigenvalue weighted by Crippen LogP contribution is -2.33. The van der Waals surface area contributed by atoms with Gasteiger partial charge in [0.25, 0.3) is 0 Å². The molecule has 0 aromatic carbocycles. The first kappa shape index (κ1) is 11.8. The molecule has 1 saturated heterocycles. The maximum Gasteiger partial charge on any atom is 0.245 e. The zero-order valence-electron chi connectivity index (χ0n) is 10.6. The minimum Gasteiger partial charge on any atom is -0.359 e. The quantitative estimate of drug-likeness (QED) is 0.792. The van der Waals surface area contributed by atoms with Crippen molar-refractivity contribution in [3.05, 3.63) is 23.8 Å². The van der Waals surface area contributed by atoms with E-state index < -0.39 is 0 Å². The van der Waals surface area contributed by atoms with Crippen molar-refractivity contribution >= 4 is 5.91 Å². The van der Waals surface area contributed by atoms with E-state index >= 15 is 0 Å². The fourth-order valence-corrected chi connectivity index (χ4v) is 2.38. The number of carbonyl (C=O) groups is 1. The Labute approximate surface area is 109 Å². The highest BCUT2D eigenvalue weighted by atomic mass is 16.5. The number of amides is 1. The summed E-state index contributed by atoms with van der Waals surface area (Å²) in [5.41, 5.74) is 0.828. The van der Waals surface area contributed by atoms with Gasteiger partial charge in [-0.05, 0) is 30.2 Å². The van der Waals surface area contributed by atoms with Crippen molar-refractivity contribution in [3.63, 3.8) is 0 Å². The highest BCUT2D eigenvalue weighted by molar-refractivity contribution is 5.76. The van der Waals surface area contributed by atoms with Crippen LogP contribution in [0.25, 0.3) is 0 Å². The Kier molecular flexibility index (Phi) is 2.98. The van der Waals surface area contributed by atoms with E-state index in [1.165, 1.54) is 11.0 Å². The number of aromatic nitrogens is 5. The van der Waals surface area contributed by atoms with E-state index in [-0.39, 0.29) is 18.5 Å². The highest BCUT2D eigenvalue weighted by Gasteiger charge is 2.32. The molecule has 0 unspecified atom stereocenters. The van der Waals surface area contributed by atoms with Crippen LogP contribution in [0.5, 0.6) is 0 Å². The Bertz CT molecular complexity index is 564. The molecule has 1 atom stereocenters. The van der Waals surface area contributed by atoms with E-state index in [1.54, 1.807) is 0 Å². The van der Waals surface area contributed by atoms with Gasteiger partial charge in [0.2, 0.25) is 5.91 Å². The van der Waals surface area contributed by atoms with E-state index in [9.17, 15) is 4.79 Å². The van der Waals surface area contributed by atoms with Crippen molar-refractivity contribution in [2.75, 3.05) is 6.54 Å². The number of nitrogens with zero attached hydrogens (tertiary/aromatic N) is 6. The van der Waals surface area contributed by atoms with Crippen LogP contribution in [0.2, 0.25) is 0 Å². The van der Waals surface area contributed by atoms with Gasteiger partial charge in [0.05, 0.1) is 11.7 Å². The average Bonchev–Trinajstić information content (AvgIpc) is 3.07. The van der Waals surface area contributed by atoms with Gasteiger partial charge < -0.3 is 9.42 Å². The van der Waals surface area contributed by atoms with Crippen LogP contribution in [-0.4, -0.2) is 42.7 Å². The number of tetrazole rings is 1. The summed E-state index contributed by atoms with van der Waals surface area (Å²) in [5.74, 6) is 0.740. The van der Waals surface area contributed by atoms with Crippen LogP contribution >= 0.6 is 0 Å². The summed E-state index contributed by atoms with van der Waals surface area (Å²) in [6.07, 6.45) is 3.29. The van der Waals surface area contributed by atoms with Crippen LogP contribution in [0.3, 0.4) is 0 Å². The SMILES string of the molecule is Cc1cc([C@H]2CCCN2C(=O)Cn2cnnn2)on1. The van der Waals surface area contributed by atoms with Crippen molar-refractivity contribution in [3.8, 4) is 0 Å². The maximum absolute atomic E-state index is 12.3. The summed E-state index contributed by atoms with van der Waals surface area (Å²) in [4.78, 5) is 14.1. The molecule has 0 bridgehead atoms. The van der Waals surface area contributed by atoms with Crippen LogP contribution < -0.4 is 0 Å². The molecule has 3 rings (SSSR count). The van der Waals surface area contributed by atoms with Gasteiger partial charge in [-0.3, -0.25) is 4.79 Å². The Morgan fingerprint density at radius 1 is 1.58 bits per heavy atom. The van der Waals surface area contributed by atoms with Gasteiger partial charge in [-0.2, -0.15) is 0 Å². The molecule has 3 heterocycles. The van der Waals surface area contributed by atoms with Crippen LogP contribution in [0, 0.1) is 6.92 Å². The first-order valence-corrected chi connectivity index (χ1v) is 6.17. The molecule has 1 aliphatic heterocycles. The minimum atomic E-state index is -0.0230. The standard InChI is InChI=1S/C11H14N6O2/c1-8-5-10(19-13-8)9-3-2-4-17(9)11(18)6-16-7-12-14-15-16/h5,7,9H,2-4,6H2,1H3/t9-/m1/s1. The number of likely N-dealkylation sites (tertiary alicyclic amines) is 1. The van der Waals surface area contributed by atoms with E-state index in [1.807, 2.05) is 17.9 Å². The molecule has 1 aliphatic rings. The summed E-state index contributed by atoms with van der Waals surface area (Å²) < 4.78 is 6.69. The van der Waals surface area contributed by atoms with Crippen LogP contribution in [-0.2, 0) is 11.3 Å². The molecule has 1 fully saturated rings. The molecule has 0 N–H and O–H groups in total. The van der Waals surface area contributed by atoms with Crippen molar-refractivity contribution in [1.82, 2.24) is 30.3 Å². The monoisotopic (exact) mass is 262 g/mol. The molecule has 0 saturated carbocycles. The topological polar surface area (TPSA) is 89.9 Å². The Hall–Kier alpha value is -2.25. The van der Waals surface area contributed by atoms with E-state index in [0.29, 0.717) is 0 Å². The van der Waals surface area contributed by atoms with Crippen molar-refractivity contribution < 1.29 is 9.32 Å². The second-order valence-electron chi connectivity index (χ2n) is 4.62. The molecule has 2 aromatic heterocycles. The largest absolute Gasteiger partial charge is 0.359 e. The number of hydrogen-bond donors (Lipinski definition) is 0. The van der Waals surface area contributed by atoms with Crippen LogP contribution in [0.15, 0.2) is 16.9 Å². The van der Waals surface area contributed by atoms with Gasteiger partial charge in [0.1, 0.15) is 12.9 Å². The van der Waals surface area contributed by atoms with E-state index in [2.05, 4.69) is 20.7 Å². The Morgan fingerprint density at radius 3 is 3.16 bits per heavy atom. The predicted octanol–water partition coefficient (Wildman–Crippen LogP) is 0.333. The fraction of sp³-hybridized carbons (Fsp3) is 0.545. The van der Waals surface area contributed by atoms with Crippen LogP contribution in [0.1, 0.15) is 30.3 Å². The molecule has 0 radical (unpaired) electrons. The summed E-state index contributed by atoms with van der Waals surface area (Å²) in [6.45, 7) is 2.75. The summed E-state index contributed by atoms with van der Waals surface area (Å²) >= 11 is 0. The third kappa shape index (κ3) is 2.33. The van der Waals surface area contributed by atoms with Gasteiger partial charge in [0.15, 0.2) is 5.76 Å². The molecular formula is C11H14N6O2. The fourth-order valence-electron chi connectivity index (χ4n) is 2.38. The highest BCUT2D eigenvalue weighted by Crippen LogP contribution is 2.32. The van der Waals surface area contributed by atoms with Gasteiger partial charge in [-0.15, -0.1) is 5.10 Å². The zero-order chi connectivity index (χ0) is 13.2. The van der Waals surface area contributed by atoms with Crippen LogP contribution in [0.4, 0.5) is 0 Å². The van der Waals surface area contributed by atoms with Gasteiger partial charge >= 0.3 is 0 Å². The Morgan fingerprint density at radius 2 is 2.47 bits per heavy atom. The average molecular weight is 262 g/mol. The van der Waals surface area contributed by atoms with E-state index in [4.69, 9.17) is 4.52 Å². The lowest BCUT2D eigenvalue weighted by molar-refractivity contribution is -0.133. The van der Waals surface area contributed by atoms with Crippen molar-refractivity contribution in [2.24, 2.45) is 0 Å². The molecule has 0 spiro atoms. The third-order valence-corrected chi connectivity index (χ3v) is 3.24. The van der Waals surface area contributed by atoms with Crippen molar-refractivity contribution in [2.45, 2.75) is 32.4 Å². The second-order valence-corrected chi connectivity index (χ2v) is 4.62. The molecule has 8 nitrogen and oxygen atoms in total. The zero-order valence-corrected chi connectivity index (χ0v) is 10.6. The third-order valence-electron chi connectivity index (χ3n) is 3.24. The van der Waals surface area contributed by atoms with Crippen molar-refractivity contribution in [1.29, 1.82) is 0 Å². The molecule has 19 heavy (non-hydrogen) atoms. The van der Waals surface area contributed by atoms with Gasteiger partial charge in [0, 0.05) is 12.6 Å². The minimum absolute atomic E-state index is 0.0103. The molecule has 1 amide bonds. The predicted molar refractivity (Wildman–Crippen MR) is 62.7 cm³/mol. The number of hydrogen-bond acceptors (Lipinski definition) is 6. The summed E-state index contributed by atoms with van der Waals surface area (Å²) in [7, 11) is 0. The molecule has 0 aliphatic carbocycles. The second kappa shape index (κ2) is 4.79. The molecule has 100 valence electrons. The lowest BCUT2D eigenvalue weighted by atomic mass is 10.1. The van der Waals surface area contributed by atoms with Gasteiger partial charge in [-0.25, -0.2) is 4.68 Å². The summed E-state index contributed by atoms with van der Waals surface area (Å²) in [5, 5.41) is 14.6. The van der Waals surface area contributed by atoms with E-state index in [0.717, 1.165) is 30.8 Å². The first-order valence-electron chi connectivity index (χ1n) is 6.17. The maximum atomic E-state index is 12.3. The normalized spacial score (nSPS) is 19.0. The lowest BCUT2D eigenvalue weighted by Gasteiger charge is -2.22. The summed E-state index contributed by atoms with van der Waals surface area (Å²) in [6, 6.07) is 1.86. The smallest absolute Gasteiger partial charge is 0.245 e. The molecule has 2 aromatic rings. The molecular weight excluding hydrogens is 248 g/mol. The number of rotatable bonds is 3. The van der Waals surface area contributed by atoms with Gasteiger partial charge in [-0.1, -0.05) is 5.16 Å². The Balaban J connectivity index is 1.74.